The van der Waals surface area contributed by atoms with Crippen molar-refractivity contribution in [2.45, 2.75) is 46.7 Å². The third-order valence-corrected chi connectivity index (χ3v) is 4.13. The lowest BCUT2D eigenvalue weighted by atomic mass is 10.1. The Morgan fingerprint density at radius 3 is 2.63 bits per heavy atom. The standard InChI is InChI=1S/C17H28N2/c1-12(2)18-10-15-8-13(3)6-7-17(15)19(5)11-16-9-14(16)4/h6-8,12,14,16,18H,9-11H2,1-5H3. The van der Waals surface area contributed by atoms with E-state index in [0.29, 0.717) is 6.04 Å². The number of hydrogen-bond acceptors (Lipinski definition) is 2. The lowest BCUT2D eigenvalue weighted by Gasteiger charge is -2.24. The zero-order valence-corrected chi connectivity index (χ0v) is 13.0. The van der Waals surface area contributed by atoms with E-state index in [4.69, 9.17) is 0 Å². The third-order valence-electron chi connectivity index (χ3n) is 4.13. The van der Waals surface area contributed by atoms with Crippen molar-refractivity contribution in [3.05, 3.63) is 29.3 Å². The van der Waals surface area contributed by atoms with Crippen molar-refractivity contribution >= 4 is 5.69 Å². The maximum atomic E-state index is 3.54. The van der Waals surface area contributed by atoms with Crippen LogP contribution in [0.25, 0.3) is 0 Å². The summed E-state index contributed by atoms with van der Waals surface area (Å²) in [7, 11) is 2.23. The Labute approximate surface area is 118 Å². The molecule has 2 rings (SSSR count). The fourth-order valence-electron chi connectivity index (χ4n) is 2.65. The first-order valence-electron chi connectivity index (χ1n) is 7.51. The summed E-state index contributed by atoms with van der Waals surface area (Å²) < 4.78 is 0. The normalized spacial score (nSPS) is 21.8. The van der Waals surface area contributed by atoms with Crippen molar-refractivity contribution in [2.24, 2.45) is 11.8 Å². The molecular formula is C17H28N2. The number of benzene rings is 1. The molecule has 0 spiro atoms. The zero-order chi connectivity index (χ0) is 14.0. The highest BCUT2D eigenvalue weighted by Gasteiger charge is 2.33. The molecule has 0 saturated heterocycles. The molecule has 0 amide bonds. The fraction of sp³-hybridized carbons (Fsp3) is 0.647. The first-order chi connectivity index (χ1) is 8.97. The van der Waals surface area contributed by atoms with E-state index in [1.807, 2.05) is 0 Å². The highest BCUT2D eigenvalue weighted by atomic mass is 15.1. The predicted molar refractivity (Wildman–Crippen MR) is 83.7 cm³/mol. The van der Waals surface area contributed by atoms with Crippen LogP contribution in [0.4, 0.5) is 5.69 Å². The summed E-state index contributed by atoms with van der Waals surface area (Å²) in [6.07, 6.45) is 1.40. The smallest absolute Gasteiger partial charge is 0.0409 e. The van der Waals surface area contributed by atoms with E-state index in [2.05, 4.69) is 63.2 Å². The van der Waals surface area contributed by atoms with E-state index in [1.165, 1.54) is 29.8 Å². The van der Waals surface area contributed by atoms with Gasteiger partial charge in [0, 0.05) is 31.9 Å². The largest absolute Gasteiger partial charge is 0.374 e. The van der Waals surface area contributed by atoms with E-state index in [1.54, 1.807) is 0 Å². The van der Waals surface area contributed by atoms with Crippen LogP contribution >= 0.6 is 0 Å². The summed E-state index contributed by atoms with van der Waals surface area (Å²) in [6, 6.07) is 7.35. The van der Waals surface area contributed by atoms with Gasteiger partial charge in [0.15, 0.2) is 0 Å². The van der Waals surface area contributed by atoms with Crippen LogP contribution in [0.3, 0.4) is 0 Å². The Bertz CT molecular complexity index is 425. The van der Waals surface area contributed by atoms with Crippen molar-refractivity contribution < 1.29 is 0 Å². The molecule has 0 radical (unpaired) electrons. The molecule has 2 atom stereocenters. The summed E-state index contributed by atoms with van der Waals surface area (Å²) >= 11 is 0. The first kappa shape index (κ1) is 14.4. The van der Waals surface area contributed by atoms with Gasteiger partial charge in [0.25, 0.3) is 0 Å². The molecule has 0 aromatic heterocycles. The summed E-state index contributed by atoms with van der Waals surface area (Å²) in [5.74, 6) is 1.82. The fourth-order valence-corrected chi connectivity index (χ4v) is 2.65. The van der Waals surface area contributed by atoms with Gasteiger partial charge in [-0.05, 0) is 36.8 Å². The molecule has 1 N–H and O–H groups in total. The number of hydrogen-bond donors (Lipinski definition) is 1. The number of rotatable bonds is 6. The molecule has 2 nitrogen and oxygen atoms in total. The molecule has 19 heavy (non-hydrogen) atoms. The highest BCUT2D eigenvalue weighted by molar-refractivity contribution is 5.54. The van der Waals surface area contributed by atoms with Gasteiger partial charge in [-0.15, -0.1) is 0 Å². The minimum Gasteiger partial charge on any atom is -0.374 e. The summed E-state index contributed by atoms with van der Waals surface area (Å²) in [4.78, 5) is 2.44. The Balaban J connectivity index is 2.08. The topological polar surface area (TPSA) is 15.3 Å². The monoisotopic (exact) mass is 260 g/mol. The predicted octanol–water partition coefficient (Wildman–Crippen LogP) is 3.59. The van der Waals surface area contributed by atoms with Crippen molar-refractivity contribution in [1.82, 2.24) is 5.32 Å². The molecular weight excluding hydrogens is 232 g/mol. The molecule has 1 aliphatic carbocycles. The number of nitrogens with zero attached hydrogens (tertiary/aromatic N) is 1. The molecule has 2 unspecified atom stereocenters. The second kappa shape index (κ2) is 5.96. The number of anilines is 1. The number of nitrogens with one attached hydrogen (secondary N) is 1. The minimum absolute atomic E-state index is 0.530. The van der Waals surface area contributed by atoms with Crippen LogP contribution in [-0.4, -0.2) is 19.6 Å². The maximum Gasteiger partial charge on any atom is 0.0409 e. The van der Waals surface area contributed by atoms with Crippen molar-refractivity contribution in [3.63, 3.8) is 0 Å². The van der Waals surface area contributed by atoms with Crippen LogP contribution in [0.5, 0.6) is 0 Å². The molecule has 0 aliphatic heterocycles. The SMILES string of the molecule is Cc1ccc(N(C)CC2CC2C)c(CNC(C)C)c1. The highest BCUT2D eigenvalue weighted by Crippen LogP contribution is 2.39. The molecule has 1 aromatic rings. The van der Waals surface area contributed by atoms with Gasteiger partial charge < -0.3 is 10.2 Å². The van der Waals surface area contributed by atoms with E-state index in [9.17, 15) is 0 Å². The molecule has 0 heterocycles. The molecule has 1 aliphatic rings. The molecule has 1 fully saturated rings. The minimum atomic E-state index is 0.530. The van der Waals surface area contributed by atoms with Gasteiger partial charge in [-0.1, -0.05) is 38.5 Å². The summed E-state index contributed by atoms with van der Waals surface area (Å²) in [5.41, 5.74) is 4.15. The number of aryl methyl sites for hydroxylation is 1. The lowest BCUT2D eigenvalue weighted by Crippen LogP contribution is -2.26. The van der Waals surface area contributed by atoms with Crippen LogP contribution in [0.2, 0.25) is 0 Å². The van der Waals surface area contributed by atoms with Gasteiger partial charge in [0.2, 0.25) is 0 Å². The van der Waals surface area contributed by atoms with E-state index >= 15 is 0 Å². The van der Waals surface area contributed by atoms with E-state index in [-0.39, 0.29) is 0 Å². The molecule has 1 saturated carbocycles. The van der Waals surface area contributed by atoms with Crippen molar-refractivity contribution in [1.29, 1.82) is 0 Å². The maximum absolute atomic E-state index is 3.54. The van der Waals surface area contributed by atoms with E-state index in [0.717, 1.165) is 18.4 Å². The molecule has 106 valence electrons. The van der Waals surface area contributed by atoms with E-state index < -0.39 is 0 Å². The van der Waals surface area contributed by atoms with Crippen LogP contribution in [-0.2, 0) is 6.54 Å². The lowest BCUT2D eigenvalue weighted by molar-refractivity contribution is 0.587. The second-order valence-corrected chi connectivity index (χ2v) is 6.52. The van der Waals surface area contributed by atoms with Gasteiger partial charge in [-0.3, -0.25) is 0 Å². The van der Waals surface area contributed by atoms with Crippen LogP contribution in [0.15, 0.2) is 18.2 Å². The average Bonchev–Trinajstić information content (AvgIpc) is 3.02. The molecule has 1 aromatic carbocycles. The first-order valence-corrected chi connectivity index (χ1v) is 7.51. The molecule has 2 heteroatoms. The quantitative estimate of drug-likeness (QED) is 0.841. The zero-order valence-electron chi connectivity index (χ0n) is 13.0. The van der Waals surface area contributed by atoms with Gasteiger partial charge in [0.05, 0.1) is 0 Å². The summed E-state index contributed by atoms with van der Waals surface area (Å²) in [6.45, 7) is 11.1. The average molecular weight is 260 g/mol. The van der Waals surface area contributed by atoms with Gasteiger partial charge in [0.1, 0.15) is 0 Å². The van der Waals surface area contributed by atoms with Gasteiger partial charge in [-0.25, -0.2) is 0 Å². The van der Waals surface area contributed by atoms with Crippen molar-refractivity contribution in [3.8, 4) is 0 Å². The van der Waals surface area contributed by atoms with Crippen molar-refractivity contribution in [2.75, 3.05) is 18.5 Å². The van der Waals surface area contributed by atoms with Crippen LogP contribution in [0.1, 0.15) is 38.3 Å². The van der Waals surface area contributed by atoms with Crippen LogP contribution in [0, 0.1) is 18.8 Å². The Hall–Kier alpha value is -1.02. The Morgan fingerprint density at radius 2 is 2.05 bits per heavy atom. The third kappa shape index (κ3) is 3.97. The Kier molecular flexibility index (Phi) is 4.51. The molecule has 0 bridgehead atoms. The van der Waals surface area contributed by atoms with Gasteiger partial charge in [-0.2, -0.15) is 0 Å². The van der Waals surface area contributed by atoms with Crippen LogP contribution < -0.4 is 10.2 Å². The van der Waals surface area contributed by atoms with Gasteiger partial charge >= 0.3 is 0 Å². The second-order valence-electron chi connectivity index (χ2n) is 6.52. The Morgan fingerprint density at radius 1 is 1.37 bits per heavy atom. The summed E-state index contributed by atoms with van der Waals surface area (Å²) in [5, 5.41) is 3.54.